The van der Waals surface area contributed by atoms with Gasteiger partial charge < -0.3 is 52.5 Å². The van der Waals surface area contributed by atoms with Gasteiger partial charge in [0.2, 0.25) is 23.6 Å². The van der Waals surface area contributed by atoms with Crippen LogP contribution in [-0.2, 0) is 35.2 Å². The molecule has 0 aliphatic heterocycles. The van der Waals surface area contributed by atoms with Gasteiger partial charge in [0.1, 0.15) is 18.4 Å². The molecule has 46 heavy (non-hydrogen) atoms. The second kappa shape index (κ2) is 18.1. The summed E-state index contributed by atoms with van der Waals surface area (Å²) in [6.45, 7) is 3.15. The monoisotopic (exact) mass is 643 g/mol. The number of aliphatic carboxylic acids is 1. The number of amides is 4. The van der Waals surface area contributed by atoms with Crippen molar-refractivity contribution < 1.29 is 33.9 Å². The van der Waals surface area contributed by atoms with Gasteiger partial charge in [-0.3, -0.25) is 29.0 Å². The van der Waals surface area contributed by atoms with Gasteiger partial charge >= 0.3 is 5.97 Å². The van der Waals surface area contributed by atoms with E-state index in [9.17, 15) is 28.8 Å². The first kappa shape index (κ1) is 37.2. The molecule has 16 heteroatoms. The molecule has 2 aromatic rings. The first-order valence-corrected chi connectivity index (χ1v) is 14.9. The Morgan fingerprint density at radius 1 is 1.07 bits per heavy atom. The molecular formula is C30H45N9O7. The Labute approximate surface area is 267 Å². The molecule has 0 aliphatic carbocycles. The van der Waals surface area contributed by atoms with Crippen LogP contribution in [-0.4, -0.2) is 108 Å². The van der Waals surface area contributed by atoms with E-state index in [4.69, 9.17) is 16.6 Å². The number of hydrogen-bond acceptors (Lipinski definition) is 8. The number of aromatic amines is 1. The minimum Gasteiger partial charge on any atom is -0.481 e. The quantitative estimate of drug-likeness (QED) is 0.0384. The summed E-state index contributed by atoms with van der Waals surface area (Å²) < 4.78 is 0. The number of nitrogens with zero attached hydrogens (tertiary/aromatic N) is 2. The number of aliphatic imine (C=N–C) groups is 1. The van der Waals surface area contributed by atoms with E-state index in [1.807, 2.05) is 30.5 Å². The second-order valence-corrected chi connectivity index (χ2v) is 11.2. The molecule has 0 spiro atoms. The van der Waals surface area contributed by atoms with E-state index in [0.29, 0.717) is 12.8 Å². The topological polar surface area (TPSA) is 254 Å². The fraction of sp³-hybridized carbons (Fsp3) is 0.500. The highest BCUT2D eigenvalue weighted by Gasteiger charge is 2.35. The van der Waals surface area contributed by atoms with E-state index in [1.165, 1.54) is 11.9 Å². The Morgan fingerprint density at radius 2 is 1.76 bits per heavy atom. The van der Waals surface area contributed by atoms with Crippen LogP contribution in [0.2, 0.25) is 0 Å². The lowest BCUT2D eigenvalue weighted by atomic mass is 9.98. The van der Waals surface area contributed by atoms with Crippen molar-refractivity contribution in [2.24, 2.45) is 22.4 Å². The number of likely N-dealkylation sites (N-methyl/N-ethyl adjacent to an activating group) is 2. The number of hydrogen-bond donors (Lipinski definition) is 8. The largest absolute Gasteiger partial charge is 0.481 e. The highest BCUT2D eigenvalue weighted by molar-refractivity contribution is 5.95. The number of carbonyl (C=O) groups is 6. The SMILES string of the molecule is CNC(Cc1c[nH]c2ccccc12)C(=O)N(C)C(C(=O)NC(CCCN=C(N)N)C(=O)NCC(=O)NC(C=O)CC(=O)O)C(C)C. The molecule has 2 rings (SSSR count). The maximum Gasteiger partial charge on any atom is 0.305 e. The van der Waals surface area contributed by atoms with Gasteiger partial charge in [-0.1, -0.05) is 32.0 Å². The minimum absolute atomic E-state index is 0.0914. The Hall–Kier alpha value is -4.99. The molecule has 0 aliphatic rings. The lowest BCUT2D eigenvalue weighted by molar-refractivity contribution is -0.143. The molecule has 0 bridgehead atoms. The van der Waals surface area contributed by atoms with Crippen LogP contribution in [0.5, 0.6) is 0 Å². The number of aldehydes is 1. The number of carboxylic acid groups (broad SMARTS) is 1. The van der Waals surface area contributed by atoms with Gasteiger partial charge in [0.05, 0.1) is 25.0 Å². The number of guanidine groups is 1. The lowest BCUT2D eigenvalue weighted by Gasteiger charge is -2.34. The average molecular weight is 644 g/mol. The van der Waals surface area contributed by atoms with Crippen molar-refractivity contribution in [3.05, 3.63) is 36.0 Å². The van der Waals surface area contributed by atoms with Crippen molar-refractivity contribution >= 4 is 52.7 Å². The second-order valence-electron chi connectivity index (χ2n) is 11.2. The highest BCUT2D eigenvalue weighted by atomic mass is 16.4. The number of nitrogens with two attached hydrogens (primary N) is 2. The fourth-order valence-corrected chi connectivity index (χ4v) is 5.04. The van der Waals surface area contributed by atoms with Crippen LogP contribution in [0.3, 0.4) is 0 Å². The van der Waals surface area contributed by atoms with Crippen molar-refractivity contribution in [2.45, 2.75) is 63.7 Å². The molecular weight excluding hydrogens is 598 g/mol. The van der Waals surface area contributed by atoms with Crippen molar-refractivity contribution in [3.8, 4) is 0 Å². The average Bonchev–Trinajstić information content (AvgIpc) is 3.41. The van der Waals surface area contributed by atoms with Crippen LogP contribution in [0, 0.1) is 5.92 Å². The first-order chi connectivity index (χ1) is 21.8. The summed E-state index contributed by atoms with van der Waals surface area (Å²) in [6.07, 6.45) is 2.27. The molecule has 1 aromatic heterocycles. The van der Waals surface area contributed by atoms with E-state index in [-0.39, 0.29) is 37.0 Å². The molecule has 252 valence electrons. The molecule has 16 nitrogen and oxygen atoms in total. The van der Waals surface area contributed by atoms with E-state index in [2.05, 4.69) is 31.2 Å². The predicted molar refractivity (Wildman–Crippen MR) is 171 cm³/mol. The molecule has 10 N–H and O–H groups in total. The standard InChI is InChI=1S/C30H45N9O7/c1-17(2)26(39(4)29(46)23(33-3)12-18-14-35-21-9-6-5-8-20(18)21)28(45)38-22(10-7-11-34-30(31)32)27(44)36-15-24(41)37-19(16-40)13-25(42)43/h5-6,8-9,14,16-17,19,22-23,26,33,35H,7,10-13,15H2,1-4H3,(H,36,44)(H,37,41)(H,38,45)(H,42,43)(H4,31,32,34). The van der Waals surface area contributed by atoms with Crippen molar-refractivity contribution in [3.63, 3.8) is 0 Å². The summed E-state index contributed by atoms with van der Waals surface area (Å²) in [5, 5.41) is 20.2. The number of fused-ring (bicyclic) bond motifs is 1. The zero-order valence-electron chi connectivity index (χ0n) is 26.5. The number of rotatable bonds is 19. The van der Waals surface area contributed by atoms with Crippen molar-refractivity contribution in [1.82, 2.24) is 31.2 Å². The van der Waals surface area contributed by atoms with E-state index < -0.39 is 60.8 Å². The molecule has 4 amide bonds. The number of para-hydroxylation sites is 1. The Morgan fingerprint density at radius 3 is 2.37 bits per heavy atom. The first-order valence-electron chi connectivity index (χ1n) is 14.9. The predicted octanol–water partition coefficient (Wildman–Crippen LogP) is -1.41. The zero-order valence-corrected chi connectivity index (χ0v) is 26.5. The number of aromatic nitrogens is 1. The van der Waals surface area contributed by atoms with Crippen molar-refractivity contribution in [1.29, 1.82) is 0 Å². The number of carboxylic acids is 1. The molecule has 1 heterocycles. The van der Waals surface area contributed by atoms with Crippen LogP contribution >= 0.6 is 0 Å². The van der Waals surface area contributed by atoms with Crippen LogP contribution < -0.4 is 32.7 Å². The lowest BCUT2D eigenvalue weighted by Crippen LogP contribution is -2.58. The number of nitrogens with one attached hydrogen (secondary N) is 5. The van der Waals surface area contributed by atoms with Gasteiger partial charge in [0.15, 0.2) is 5.96 Å². The van der Waals surface area contributed by atoms with Crippen LogP contribution in [0.1, 0.15) is 38.7 Å². The van der Waals surface area contributed by atoms with Gasteiger partial charge in [-0.05, 0) is 43.9 Å². The zero-order chi connectivity index (χ0) is 34.4. The summed E-state index contributed by atoms with van der Waals surface area (Å²) in [4.78, 5) is 83.1. The van der Waals surface area contributed by atoms with Gasteiger partial charge in [-0.25, -0.2) is 0 Å². The Bertz CT molecular complexity index is 1400. The van der Waals surface area contributed by atoms with Gasteiger partial charge in [0, 0.05) is 30.7 Å². The van der Waals surface area contributed by atoms with Crippen LogP contribution in [0.15, 0.2) is 35.5 Å². The Balaban J connectivity index is 2.17. The van der Waals surface area contributed by atoms with Gasteiger partial charge in [-0.15, -0.1) is 0 Å². The number of H-pyrrole nitrogens is 1. The van der Waals surface area contributed by atoms with Crippen molar-refractivity contribution in [2.75, 3.05) is 27.2 Å². The maximum atomic E-state index is 13.7. The molecule has 0 fully saturated rings. The molecule has 1 aromatic carbocycles. The smallest absolute Gasteiger partial charge is 0.305 e. The third-order valence-electron chi connectivity index (χ3n) is 7.32. The molecule has 4 unspecified atom stereocenters. The van der Waals surface area contributed by atoms with Crippen LogP contribution in [0.4, 0.5) is 0 Å². The summed E-state index contributed by atoms with van der Waals surface area (Å²) in [6, 6.07) is 3.74. The fourth-order valence-electron chi connectivity index (χ4n) is 5.04. The summed E-state index contributed by atoms with van der Waals surface area (Å²) >= 11 is 0. The summed E-state index contributed by atoms with van der Waals surface area (Å²) in [7, 11) is 3.20. The van der Waals surface area contributed by atoms with E-state index in [0.717, 1.165) is 16.5 Å². The van der Waals surface area contributed by atoms with Gasteiger partial charge in [-0.2, -0.15) is 0 Å². The molecule has 0 saturated heterocycles. The van der Waals surface area contributed by atoms with E-state index in [1.54, 1.807) is 20.9 Å². The van der Waals surface area contributed by atoms with E-state index >= 15 is 0 Å². The third kappa shape index (κ3) is 11.2. The summed E-state index contributed by atoms with van der Waals surface area (Å²) in [5.41, 5.74) is 12.6. The van der Waals surface area contributed by atoms with Crippen LogP contribution in [0.25, 0.3) is 10.9 Å². The van der Waals surface area contributed by atoms with Gasteiger partial charge in [0.25, 0.3) is 0 Å². The minimum atomic E-state index is -1.29. The Kier molecular flexibility index (Phi) is 14.6. The summed E-state index contributed by atoms with van der Waals surface area (Å²) in [5.74, 6) is -4.18. The number of benzene rings is 1. The maximum absolute atomic E-state index is 13.7. The third-order valence-corrected chi connectivity index (χ3v) is 7.32. The molecule has 0 saturated carbocycles. The molecule has 4 atom stereocenters. The normalized spacial score (nSPS) is 13.6. The highest BCUT2D eigenvalue weighted by Crippen LogP contribution is 2.20. The number of carbonyl (C=O) groups excluding carboxylic acids is 5. The molecule has 0 radical (unpaired) electrons.